The van der Waals surface area contributed by atoms with Crippen molar-refractivity contribution < 1.29 is 58.2 Å². The van der Waals surface area contributed by atoms with Gasteiger partial charge in [-0.2, -0.15) is 5.16 Å². The zero-order valence-electron chi connectivity index (χ0n) is 31.6. The predicted octanol–water partition coefficient (Wildman–Crippen LogP) is 8.36. The first kappa shape index (κ1) is 46.4. The van der Waals surface area contributed by atoms with Crippen LogP contribution < -0.4 is 18.9 Å². The largest absolute Gasteiger partial charge is 2.00 e. The third-order valence-corrected chi connectivity index (χ3v) is 8.29. The summed E-state index contributed by atoms with van der Waals surface area (Å²) in [7, 11) is 6.64. The third kappa shape index (κ3) is 11.3. The first-order chi connectivity index (χ1) is 28.1. The number of thiocyanates is 1. The number of carboxylic acid groups (broad SMARTS) is 2. The average Bonchev–Trinajstić information content (AvgIpc) is 3.26. The Bertz CT molecular complexity index is 2500. The molecule has 17 heteroatoms. The molecule has 7 rings (SSSR count). The van der Waals surface area contributed by atoms with Gasteiger partial charge in [-0.05, 0) is 83.9 Å². The number of hydrogen-bond acceptors (Lipinski definition) is 13. The summed E-state index contributed by atoms with van der Waals surface area (Å²) in [6.07, 6.45) is 6.29. The van der Waals surface area contributed by atoms with Gasteiger partial charge >= 0.3 is 31.4 Å². The van der Waals surface area contributed by atoms with Crippen molar-refractivity contribution in [3.8, 4) is 62.0 Å². The molecular formula is C42H32N6O8RuS2. The van der Waals surface area contributed by atoms with E-state index in [1.54, 1.807) is 40.8 Å². The van der Waals surface area contributed by atoms with Crippen LogP contribution in [-0.2, 0) is 32.1 Å². The van der Waals surface area contributed by atoms with Crippen LogP contribution >= 0.6 is 12.2 Å². The minimum atomic E-state index is -1.08. The molecular weight excluding hydrogens is 882 g/mol. The van der Waals surface area contributed by atoms with Crippen molar-refractivity contribution >= 4 is 63.8 Å². The number of methoxy groups -OCH3 is 4. The van der Waals surface area contributed by atoms with Crippen molar-refractivity contribution in [3.05, 3.63) is 126 Å². The zero-order valence-corrected chi connectivity index (χ0v) is 35.0. The molecule has 0 spiro atoms. The molecule has 14 nitrogen and oxygen atoms in total. The summed E-state index contributed by atoms with van der Waals surface area (Å²) in [6.45, 7) is 0. The van der Waals surface area contributed by atoms with Gasteiger partial charge in [-0.1, -0.05) is 29.8 Å². The molecule has 0 saturated carbocycles. The number of hydrogen-bond donors (Lipinski definition) is 2. The molecule has 0 saturated heterocycles. The van der Waals surface area contributed by atoms with Crippen LogP contribution in [-0.4, -0.2) is 75.7 Å². The Labute approximate surface area is 362 Å². The van der Waals surface area contributed by atoms with E-state index < -0.39 is 11.9 Å². The van der Waals surface area contributed by atoms with Crippen LogP contribution in [0.3, 0.4) is 0 Å². The van der Waals surface area contributed by atoms with E-state index in [9.17, 15) is 9.59 Å². The summed E-state index contributed by atoms with van der Waals surface area (Å²) in [6, 6.07) is 25.1. The van der Waals surface area contributed by atoms with Gasteiger partial charge < -0.3 is 47.2 Å². The Kier molecular flexibility index (Phi) is 17.9. The van der Waals surface area contributed by atoms with E-state index in [1.807, 2.05) is 48.5 Å². The maximum atomic E-state index is 10.8. The third-order valence-electron chi connectivity index (χ3n) is 8.29. The Balaban J connectivity index is 0.000000313. The topological polar surface area (TPSA) is 209 Å². The summed E-state index contributed by atoms with van der Waals surface area (Å²) in [5.74, 6) is 0.882. The molecule has 0 aliphatic rings. The first-order valence-electron chi connectivity index (χ1n) is 16.6. The van der Waals surface area contributed by atoms with Gasteiger partial charge in [0.1, 0.15) is 23.0 Å². The quantitative estimate of drug-likeness (QED) is 0.0348. The van der Waals surface area contributed by atoms with Gasteiger partial charge in [-0.3, -0.25) is 19.9 Å². The first-order valence-corrected chi connectivity index (χ1v) is 17.4. The standard InChI is InChI=1S/C28H24N2O4.C12H8N2O4.CHNS.CNS.Ru/c1-31-17-5-9-25(33-3)23(15-17)19-11-13-29-27-21(19)7-8-22-20(12-14-30-28(22)27)24-16-18(32-2)6-10-26(24)34-4;15-11(16)7-1-3-13-9(5-7)10-6-8(12(17)18)2-4-14-10;2*2-1-3;/h5-16H,1-4H3;1-6H,(H,15,16)(H,17,18);3H;;/q;;;-1;+2/p-1. The van der Waals surface area contributed by atoms with E-state index in [-0.39, 0.29) is 30.6 Å². The Hall–Kier alpha value is -6.95. The van der Waals surface area contributed by atoms with Crippen LogP contribution in [0.1, 0.15) is 20.7 Å². The minimum absolute atomic E-state index is 0. The molecule has 0 fully saturated rings. The van der Waals surface area contributed by atoms with E-state index >= 15 is 0 Å². The fourth-order valence-electron chi connectivity index (χ4n) is 5.75. The molecule has 0 aliphatic carbocycles. The number of aromatic carboxylic acids is 2. The molecule has 0 radical (unpaired) electrons. The van der Waals surface area contributed by atoms with Gasteiger partial charge in [-0.15, -0.1) is 0 Å². The van der Waals surface area contributed by atoms with Crippen LogP contribution in [0.25, 0.3) is 60.9 Å². The fourth-order valence-corrected chi connectivity index (χ4v) is 5.75. The van der Waals surface area contributed by atoms with Crippen molar-refractivity contribution in [2.45, 2.75) is 0 Å². The number of fused-ring (bicyclic) bond motifs is 3. The maximum Gasteiger partial charge on any atom is 2.00 e. The van der Waals surface area contributed by atoms with Crippen LogP contribution in [0.2, 0.25) is 0 Å². The molecule has 4 aromatic heterocycles. The molecule has 0 bridgehead atoms. The van der Waals surface area contributed by atoms with Crippen molar-refractivity contribution in [3.63, 3.8) is 0 Å². The van der Waals surface area contributed by atoms with Gasteiger partial charge in [0.25, 0.3) is 0 Å². The summed E-state index contributed by atoms with van der Waals surface area (Å²) in [5.41, 5.74) is 6.24. The van der Waals surface area contributed by atoms with Crippen molar-refractivity contribution in [1.82, 2.24) is 19.9 Å². The normalized spacial score (nSPS) is 9.61. The number of nitriles is 1. The van der Waals surface area contributed by atoms with Crippen molar-refractivity contribution in [1.29, 1.82) is 5.26 Å². The number of benzene rings is 3. The van der Waals surface area contributed by atoms with Crippen LogP contribution in [0.4, 0.5) is 0 Å². The number of carbonyl (C=O) groups is 2. The number of pyridine rings is 4. The molecule has 59 heavy (non-hydrogen) atoms. The number of rotatable bonds is 9. The summed E-state index contributed by atoms with van der Waals surface area (Å²) in [4.78, 5) is 39.0. The molecule has 2 N–H and O–H groups in total. The van der Waals surface area contributed by atoms with E-state index in [1.165, 1.54) is 47.2 Å². The van der Waals surface area contributed by atoms with Crippen LogP contribution in [0, 0.1) is 10.7 Å². The number of aromatic nitrogens is 4. The van der Waals surface area contributed by atoms with Gasteiger partial charge in [0, 0.05) is 46.7 Å². The number of ether oxygens (including phenoxy) is 4. The smallest absolute Gasteiger partial charge is 0.753 e. The second kappa shape index (κ2) is 22.7. The van der Waals surface area contributed by atoms with E-state index in [4.69, 9.17) is 49.8 Å². The fraction of sp³-hybridized carbons (Fsp3) is 0.0952. The number of carboxylic acids is 2. The second-order valence-corrected chi connectivity index (χ2v) is 11.7. The van der Waals surface area contributed by atoms with E-state index in [0.717, 1.165) is 67.1 Å². The van der Waals surface area contributed by atoms with Crippen LogP contribution in [0.15, 0.2) is 110 Å². The van der Waals surface area contributed by atoms with Crippen molar-refractivity contribution in [2.75, 3.05) is 28.4 Å². The zero-order chi connectivity index (χ0) is 42.2. The molecule has 0 unspecified atom stereocenters. The molecule has 0 amide bonds. The number of nitrogens with zero attached hydrogens (tertiary/aromatic N) is 6. The predicted molar refractivity (Wildman–Crippen MR) is 224 cm³/mol. The summed E-state index contributed by atoms with van der Waals surface area (Å²) < 4.78 is 22.2. The second-order valence-electron chi connectivity index (χ2n) is 11.4. The van der Waals surface area contributed by atoms with E-state index in [0.29, 0.717) is 11.4 Å². The molecule has 3 aromatic carbocycles. The average molecular weight is 914 g/mol. The Morgan fingerprint density at radius 3 is 1.29 bits per heavy atom. The van der Waals surface area contributed by atoms with Crippen molar-refractivity contribution in [2.24, 2.45) is 0 Å². The molecule has 0 aliphatic heterocycles. The van der Waals surface area contributed by atoms with Gasteiger partial charge in [0.15, 0.2) is 0 Å². The molecule has 298 valence electrons. The molecule has 7 aromatic rings. The number of thiocarbonyl (C=S) groups is 1. The number of isothiocyanates is 1. The van der Waals surface area contributed by atoms with Gasteiger partial charge in [-0.25, -0.2) is 14.9 Å². The van der Waals surface area contributed by atoms with Gasteiger partial charge in [0.2, 0.25) is 0 Å². The maximum absolute atomic E-state index is 10.8. The molecule has 4 heterocycles. The van der Waals surface area contributed by atoms with E-state index in [2.05, 4.69) is 46.9 Å². The Morgan fingerprint density at radius 2 is 0.966 bits per heavy atom. The van der Waals surface area contributed by atoms with Gasteiger partial charge in [0.05, 0.1) is 62.0 Å². The SMILES string of the molecule is COc1ccc(OC)c(-c2ccnc3c2ccc2c(-c4cc(OC)ccc4OC)ccnc23)c1.N#C[S-].O=C(O)c1ccnc(-c2cc(C(=O)O)ccn2)c1.[N-]=C=S.[Ru+2]. The Morgan fingerprint density at radius 1 is 0.610 bits per heavy atom. The van der Waals surface area contributed by atoms with Crippen LogP contribution in [0.5, 0.6) is 23.0 Å². The molecule has 0 atom stereocenters. The monoisotopic (exact) mass is 914 g/mol. The minimum Gasteiger partial charge on any atom is -0.753 e. The summed E-state index contributed by atoms with van der Waals surface area (Å²) >= 11 is 7.40. The summed E-state index contributed by atoms with van der Waals surface area (Å²) in [5, 5.41) is 36.6.